The molecule has 2 aliphatic heterocycles. The first kappa shape index (κ1) is 25.3. The van der Waals surface area contributed by atoms with Gasteiger partial charge < -0.3 is 20.0 Å². The fourth-order valence-electron chi connectivity index (χ4n) is 5.03. The van der Waals surface area contributed by atoms with Gasteiger partial charge in [0, 0.05) is 43.1 Å². The lowest BCUT2D eigenvalue weighted by molar-refractivity contribution is -0.385. The fraction of sp³-hybridized carbons (Fsp3) is 0.333. The minimum Gasteiger partial charge on any atom is -0.394 e. The summed E-state index contributed by atoms with van der Waals surface area (Å²) in [6, 6.07) is 11.5. The van der Waals surface area contributed by atoms with Gasteiger partial charge in [-0.3, -0.25) is 19.7 Å². The Morgan fingerprint density at radius 3 is 2.69 bits per heavy atom. The minimum absolute atomic E-state index is 0.0193. The molecule has 3 atom stereocenters. The van der Waals surface area contributed by atoms with E-state index >= 15 is 0 Å². The summed E-state index contributed by atoms with van der Waals surface area (Å²) >= 11 is 0. The van der Waals surface area contributed by atoms with Crippen molar-refractivity contribution in [3.63, 3.8) is 0 Å². The van der Waals surface area contributed by atoms with Crippen LogP contribution in [-0.4, -0.2) is 51.0 Å². The van der Waals surface area contributed by atoms with Gasteiger partial charge in [-0.05, 0) is 23.6 Å². The molecular formula is C27H29N3O6. The molecule has 0 fully saturated rings. The van der Waals surface area contributed by atoms with E-state index in [2.05, 4.69) is 6.58 Å². The fourth-order valence-corrected chi connectivity index (χ4v) is 5.03. The molecule has 0 unspecified atom stereocenters. The molecule has 9 nitrogen and oxygen atoms in total. The molecule has 36 heavy (non-hydrogen) atoms. The number of hydrogen-bond donors (Lipinski definition) is 2. The first-order chi connectivity index (χ1) is 17.2. The van der Waals surface area contributed by atoms with Crippen LogP contribution in [0.1, 0.15) is 30.0 Å². The van der Waals surface area contributed by atoms with Crippen LogP contribution >= 0.6 is 0 Å². The van der Waals surface area contributed by atoms with Gasteiger partial charge in [-0.25, -0.2) is 0 Å². The summed E-state index contributed by atoms with van der Waals surface area (Å²) in [6.07, 6.45) is 5.29. The van der Waals surface area contributed by atoms with Gasteiger partial charge in [0.2, 0.25) is 5.91 Å². The number of aliphatic hydroxyl groups is 2. The van der Waals surface area contributed by atoms with E-state index in [1.165, 1.54) is 29.2 Å². The summed E-state index contributed by atoms with van der Waals surface area (Å²) in [4.78, 5) is 40.0. The van der Waals surface area contributed by atoms with Gasteiger partial charge >= 0.3 is 0 Å². The lowest BCUT2D eigenvalue weighted by Gasteiger charge is -2.36. The van der Waals surface area contributed by atoms with Gasteiger partial charge in [-0.2, -0.15) is 0 Å². The summed E-state index contributed by atoms with van der Waals surface area (Å²) in [5.74, 6) is -1.56. The van der Waals surface area contributed by atoms with Crippen molar-refractivity contribution >= 4 is 23.2 Å². The van der Waals surface area contributed by atoms with Crippen LogP contribution in [0.5, 0.6) is 0 Å². The Morgan fingerprint density at radius 1 is 1.31 bits per heavy atom. The van der Waals surface area contributed by atoms with Gasteiger partial charge in [0.15, 0.2) is 5.60 Å². The van der Waals surface area contributed by atoms with Crippen LogP contribution in [0.25, 0.3) is 0 Å². The average Bonchev–Trinajstić information content (AvgIpc) is 3.10. The van der Waals surface area contributed by atoms with Crippen molar-refractivity contribution in [1.29, 1.82) is 0 Å². The predicted octanol–water partition coefficient (Wildman–Crippen LogP) is 2.84. The molecule has 0 radical (unpaired) electrons. The molecule has 2 amide bonds. The number of rotatable bonds is 8. The highest BCUT2D eigenvalue weighted by atomic mass is 16.6. The largest absolute Gasteiger partial charge is 0.394 e. The number of aliphatic hydroxyl groups excluding tert-OH is 1. The van der Waals surface area contributed by atoms with Crippen molar-refractivity contribution in [2.45, 2.75) is 38.0 Å². The molecule has 0 bridgehead atoms. The summed E-state index contributed by atoms with van der Waals surface area (Å²) in [5, 5.41) is 32.7. The van der Waals surface area contributed by atoms with Gasteiger partial charge in [-0.1, -0.05) is 49.4 Å². The van der Waals surface area contributed by atoms with Crippen molar-refractivity contribution in [3.05, 3.63) is 94.1 Å². The second-order valence-corrected chi connectivity index (χ2v) is 9.18. The molecule has 0 saturated heterocycles. The van der Waals surface area contributed by atoms with Gasteiger partial charge in [0.1, 0.15) is 0 Å². The molecule has 9 heteroatoms. The average molecular weight is 492 g/mol. The van der Waals surface area contributed by atoms with E-state index in [-0.39, 0.29) is 42.8 Å². The molecular weight excluding hydrogens is 462 g/mol. The predicted molar refractivity (Wildman–Crippen MR) is 134 cm³/mol. The third-order valence-corrected chi connectivity index (χ3v) is 7.04. The number of nitro groups is 1. The molecule has 0 spiro atoms. The molecule has 0 aliphatic carbocycles. The number of nitro benzene ring substituents is 1. The Bertz CT molecular complexity index is 1240. The lowest BCUT2D eigenvalue weighted by Crippen LogP contribution is -2.46. The number of carbonyl (C=O) groups excluding carboxylic acids is 2. The first-order valence-corrected chi connectivity index (χ1v) is 11.8. The Morgan fingerprint density at radius 2 is 2.03 bits per heavy atom. The third kappa shape index (κ3) is 4.31. The number of carbonyl (C=O) groups is 2. The maximum atomic E-state index is 13.3. The number of fused-ring (bicyclic) bond motifs is 2. The molecule has 2 aliphatic rings. The number of anilines is 1. The van der Waals surface area contributed by atoms with E-state index in [9.17, 15) is 29.9 Å². The molecule has 0 aromatic heterocycles. The SMILES string of the molecule is C=CCN1C(=O)[C@@](O)([C@@H](C)/C=C/CC(=O)N2Cc3ccccc3C[C@H]2CO)c2cc([N+](=O)[O-])ccc21. The number of benzene rings is 2. The topological polar surface area (TPSA) is 124 Å². The van der Waals surface area contributed by atoms with Gasteiger partial charge in [0.05, 0.1) is 23.3 Å². The second kappa shape index (κ2) is 10.0. The zero-order chi connectivity index (χ0) is 26.0. The van der Waals surface area contributed by atoms with Crippen molar-refractivity contribution in [1.82, 2.24) is 4.90 Å². The van der Waals surface area contributed by atoms with E-state index in [0.29, 0.717) is 18.7 Å². The highest BCUT2D eigenvalue weighted by molar-refractivity contribution is 6.07. The van der Waals surface area contributed by atoms with Crippen LogP contribution in [0.15, 0.2) is 67.3 Å². The number of nitrogens with zero attached hydrogens (tertiary/aromatic N) is 3. The van der Waals surface area contributed by atoms with Crippen LogP contribution in [0, 0.1) is 16.0 Å². The summed E-state index contributed by atoms with van der Waals surface area (Å²) in [6.45, 7) is 5.68. The molecule has 2 heterocycles. The van der Waals surface area contributed by atoms with Gasteiger partial charge in [0.25, 0.3) is 11.6 Å². The molecule has 2 aromatic carbocycles. The number of non-ortho nitro benzene ring substituents is 1. The van der Waals surface area contributed by atoms with Crippen molar-refractivity contribution < 1.29 is 24.7 Å². The number of amides is 2. The smallest absolute Gasteiger partial charge is 0.269 e. The van der Waals surface area contributed by atoms with Crippen LogP contribution < -0.4 is 4.90 Å². The van der Waals surface area contributed by atoms with Crippen molar-refractivity contribution in [2.75, 3.05) is 18.1 Å². The van der Waals surface area contributed by atoms with Crippen LogP contribution in [0.3, 0.4) is 0 Å². The van der Waals surface area contributed by atoms with Crippen LogP contribution in [0.2, 0.25) is 0 Å². The monoisotopic (exact) mass is 491 g/mol. The standard InChI is InChI=1S/C27H29N3O6/c1-3-13-28-24-12-11-21(30(35)36)15-23(24)27(34,26(28)33)18(2)7-6-10-25(32)29-16-20-9-5-4-8-19(20)14-22(29)17-31/h3-9,11-12,15,18,22,31,34H,1,10,13-14,16-17H2,2H3/b7-6+/t18-,22-,27+/m0/s1. The Labute approximate surface area is 209 Å². The zero-order valence-electron chi connectivity index (χ0n) is 20.0. The van der Waals surface area contributed by atoms with E-state index in [1.54, 1.807) is 24.0 Å². The van der Waals surface area contributed by atoms with E-state index in [4.69, 9.17) is 0 Å². The Kier molecular flexibility index (Phi) is 7.05. The summed E-state index contributed by atoms with van der Waals surface area (Å²) < 4.78 is 0. The lowest BCUT2D eigenvalue weighted by atomic mass is 9.82. The first-order valence-electron chi connectivity index (χ1n) is 11.8. The quantitative estimate of drug-likeness (QED) is 0.332. The third-order valence-electron chi connectivity index (χ3n) is 7.04. The molecule has 0 saturated carbocycles. The summed E-state index contributed by atoms with van der Waals surface area (Å²) in [7, 11) is 0. The molecule has 188 valence electrons. The van der Waals surface area contributed by atoms with E-state index in [1.807, 2.05) is 24.3 Å². The maximum Gasteiger partial charge on any atom is 0.269 e. The normalized spacial score (nSPS) is 21.9. The molecule has 2 aromatic rings. The summed E-state index contributed by atoms with van der Waals surface area (Å²) in [5.41, 5.74) is 0.443. The molecule has 2 N–H and O–H groups in total. The van der Waals surface area contributed by atoms with Crippen molar-refractivity contribution in [3.8, 4) is 0 Å². The Balaban J connectivity index is 1.54. The molecule has 4 rings (SSSR count). The van der Waals surface area contributed by atoms with Gasteiger partial charge in [-0.15, -0.1) is 6.58 Å². The second-order valence-electron chi connectivity index (χ2n) is 9.18. The highest BCUT2D eigenvalue weighted by Crippen LogP contribution is 2.46. The minimum atomic E-state index is -2.03. The van der Waals surface area contributed by atoms with Crippen molar-refractivity contribution in [2.24, 2.45) is 5.92 Å². The Hall–Kier alpha value is -3.82. The maximum absolute atomic E-state index is 13.3. The van der Waals surface area contributed by atoms with Crippen LogP contribution in [-0.2, 0) is 28.2 Å². The number of hydrogen-bond acceptors (Lipinski definition) is 6. The van der Waals surface area contributed by atoms with E-state index < -0.39 is 22.3 Å². The van der Waals surface area contributed by atoms with E-state index in [0.717, 1.165) is 11.1 Å². The zero-order valence-corrected chi connectivity index (χ0v) is 20.0. The van der Waals surface area contributed by atoms with Crippen LogP contribution in [0.4, 0.5) is 11.4 Å². The highest BCUT2D eigenvalue weighted by Gasteiger charge is 2.52.